The summed E-state index contributed by atoms with van der Waals surface area (Å²) in [6.45, 7) is 10.6. The monoisotopic (exact) mass is 963 g/mol. The summed E-state index contributed by atoms with van der Waals surface area (Å²) in [6.07, 6.45) is 9.98. The molecule has 3 aromatic carbocycles. The van der Waals surface area contributed by atoms with Gasteiger partial charge in [-0.15, -0.1) is 0 Å². The molecule has 2 N–H and O–H groups in total. The largest absolute Gasteiger partial charge is 0.438 e. The molecule has 2 saturated carbocycles. The van der Waals surface area contributed by atoms with E-state index in [-0.39, 0.29) is 46.2 Å². The zero-order valence-electron chi connectivity index (χ0n) is 40.3. The Morgan fingerprint density at radius 2 is 1.68 bits per heavy atom. The van der Waals surface area contributed by atoms with E-state index in [1.807, 2.05) is 24.0 Å². The van der Waals surface area contributed by atoms with E-state index in [0.29, 0.717) is 85.2 Å². The highest BCUT2D eigenvalue weighted by atomic mass is 19.1. The fourth-order valence-corrected chi connectivity index (χ4v) is 12.6. The topological polar surface area (TPSA) is 168 Å². The van der Waals surface area contributed by atoms with Crippen molar-refractivity contribution in [3.05, 3.63) is 140 Å². The van der Waals surface area contributed by atoms with E-state index < -0.39 is 34.3 Å². The average molecular weight is 964 g/mol. The Hall–Kier alpha value is -6.92. The van der Waals surface area contributed by atoms with Crippen molar-refractivity contribution in [2.75, 3.05) is 26.2 Å². The summed E-state index contributed by atoms with van der Waals surface area (Å²) in [5, 5.41) is 18.6. The molecule has 4 atom stereocenters. The molecule has 0 bridgehead atoms. The first-order chi connectivity index (χ1) is 34.2. The van der Waals surface area contributed by atoms with Crippen LogP contribution in [-0.2, 0) is 22.7 Å². The predicted molar refractivity (Wildman–Crippen MR) is 260 cm³/mol. The molecule has 13 rings (SSSR count). The Balaban J connectivity index is 1.01. The Bertz CT molecular complexity index is 3620. The molecule has 5 aliphatic rings. The van der Waals surface area contributed by atoms with Crippen molar-refractivity contribution in [2.24, 2.45) is 13.0 Å². The Morgan fingerprint density at radius 1 is 0.901 bits per heavy atom. The third kappa shape index (κ3) is 6.65. The van der Waals surface area contributed by atoms with Gasteiger partial charge in [-0.1, -0.05) is 18.1 Å². The number of carbonyl (C=O) groups is 1. The van der Waals surface area contributed by atoms with Crippen molar-refractivity contribution >= 4 is 27.7 Å². The summed E-state index contributed by atoms with van der Waals surface area (Å²) >= 11 is 0. The van der Waals surface area contributed by atoms with Crippen molar-refractivity contribution < 1.29 is 22.8 Å². The quantitative estimate of drug-likeness (QED) is 0.155. The molecule has 0 radical (unpaired) electrons. The first-order valence-corrected chi connectivity index (χ1v) is 24.9. The molecule has 2 aliphatic carbocycles. The highest BCUT2D eigenvalue weighted by molar-refractivity contribution is 6.00. The van der Waals surface area contributed by atoms with Gasteiger partial charge in [0.05, 0.1) is 45.8 Å². The average Bonchev–Trinajstić information content (AvgIpc) is 3.91. The van der Waals surface area contributed by atoms with Gasteiger partial charge in [0.2, 0.25) is 0 Å². The van der Waals surface area contributed by atoms with Crippen LogP contribution in [0.3, 0.4) is 0 Å². The van der Waals surface area contributed by atoms with E-state index in [2.05, 4.69) is 64.1 Å². The number of hydrogen-bond donors (Lipinski definition) is 2. The number of piperidine rings is 1. The van der Waals surface area contributed by atoms with E-state index in [0.717, 1.165) is 42.3 Å². The van der Waals surface area contributed by atoms with Crippen LogP contribution < -0.4 is 16.8 Å². The number of carbonyl (C=O) groups excluding carboxylic acids is 1. The molecule has 366 valence electrons. The molecule has 16 nitrogen and oxygen atoms in total. The Kier molecular flexibility index (Phi) is 9.64. The summed E-state index contributed by atoms with van der Waals surface area (Å²) in [4.78, 5) is 48.6. The lowest BCUT2D eigenvalue weighted by Crippen LogP contribution is -2.54. The van der Waals surface area contributed by atoms with Gasteiger partial charge in [-0.05, 0) is 156 Å². The van der Waals surface area contributed by atoms with Crippen LogP contribution in [-0.4, -0.2) is 86.1 Å². The summed E-state index contributed by atoms with van der Waals surface area (Å²) in [6, 6.07) is 16.0. The number of H-pyrrole nitrogens is 1. The lowest BCUT2D eigenvalue weighted by atomic mass is 9.70. The number of halogens is 2. The van der Waals surface area contributed by atoms with Crippen molar-refractivity contribution in [3.8, 4) is 17.2 Å². The van der Waals surface area contributed by atoms with E-state index in [1.54, 1.807) is 47.0 Å². The van der Waals surface area contributed by atoms with Gasteiger partial charge in [-0.3, -0.25) is 28.1 Å². The fourth-order valence-electron chi connectivity index (χ4n) is 12.6. The van der Waals surface area contributed by atoms with Crippen LogP contribution in [0.25, 0.3) is 39.0 Å². The molecule has 0 unspecified atom stereocenters. The molecule has 18 heteroatoms. The second-order valence-electron chi connectivity index (χ2n) is 21.5. The zero-order valence-corrected chi connectivity index (χ0v) is 40.3. The number of fused-ring (bicyclic) bond motifs is 4. The van der Waals surface area contributed by atoms with Crippen molar-refractivity contribution in [3.63, 3.8) is 0 Å². The van der Waals surface area contributed by atoms with Crippen LogP contribution in [0, 0.1) is 17.6 Å². The smallest absolute Gasteiger partial charge is 0.376 e. The second kappa shape index (κ2) is 15.5. The van der Waals surface area contributed by atoms with Crippen LogP contribution in [0.1, 0.15) is 129 Å². The van der Waals surface area contributed by atoms with Crippen LogP contribution >= 0.6 is 0 Å². The maximum Gasteiger partial charge on any atom is 0.438 e. The first kappa shape index (κ1) is 44.1. The van der Waals surface area contributed by atoms with E-state index in [9.17, 15) is 4.79 Å². The van der Waals surface area contributed by atoms with Gasteiger partial charge < -0.3 is 19.5 Å². The van der Waals surface area contributed by atoms with Crippen molar-refractivity contribution in [2.45, 2.75) is 107 Å². The number of aromatic nitrogens is 9. The SMILES string of the molecule is C[C@H]1c2c(nn(-c3ccc(F)c(C4CC4)c3)c2-n2ccn(-c3ccc4c(cnn4C)c3F)c2=O)C2(CCNCC2)CN1C(=O)c1cc2cc([C@H]3CCOC(C)(C)C3)ccc2n1[C@@]1(c2noc(=O)[nH]2)C[C@@H]1C. The lowest BCUT2D eigenvalue weighted by molar-refractivity contribution is -0.0592. The van der Waals surface area contributed by atoms with Crippen LogP contribution in [0.4, 0.5) is 8.78 Å². The minimum atomic E-state index is -0.875. The summed E-state index contributed by atoms with van der Waals surface area (Å²) in [7, 11) is 1.73. The minimum absolute atomic E-state index is 0.0109. The van der Waals surface area contributed by atoms with E-state index in [4.69, 9.17) is 14.4 Å². The Labute approximate surface area is 406 Å². The molecule has 2 saturated heterocycles. The number of hydrogen-bond acceptors (Lipinski definition) is 9. The number of nitrogens with one attached hydrogen (secondary N) is 2. The van der Waals surface area contributed by atoms with Gasteiger partial charge >= 0.3 is 11.4 Å². The first-order valence-electron chi connectivity index (χ1n) is 24.9. The molecule has 1 spiro atoms. The maximum atomic E-state index is 16.4. The third-order valence-corrected chi connectivity index (χ3v) is 16.7. The molecule has 8 aromatic rings. The van der Waals surface area contributed by atoms with Gasteiger partial charge in [0.15, 0.2) is 11.6 Å². The molecule has 3 aliphatic heterocycles. The summed E-state index contributed by atoms with van der Waals surface area (Å²) in [5.41, 5.74) is 3.32. The maximum absolute atomic E-state index is 16.4. The normalized spacial score (nSPS) is 23.8. The second-order valence-corrected chi connectivity index (χ2v) is 21.5. The number of aromatic amines is 1. The molecule has 71 heavy (non-hydrogen) atoms. The van der Waals surface area contributed by atoms with Crippen LogP contribution in [0.5, 0.6) is 0 Å². The molecule has 1 amide bonds. The highest BCUT2D eigenvalue weighted by Crippen LogP contribution is 2.57. The number of nitrogens with zero attached hydrogens (tertiary/aromatic N) is 9. The number of aryl methyl sites for hydroxylation is 1. The predicted octanol–water partition coefficient (Wildman–Crippen LogP) is 7.78. The number of ether oxygens (including phenoxy) is 1. The van der Waals surface area contributed by atoms with Gasteiger partial charge in [-0.25, -0.2) is 23.1 Å². The van der Waals surface area contributed by atoms with Crippen molar-refractivity contribution in [1.29, 1.82) is 0 Å². The van der Waals surface area contributed by atoms with Crippen molar-refractivity contribution in [1.82, 2.24) is 53.6 Å². The number of benzene rings is 3. The summed E-state index contributed by atoms with van der Waals surface area (Å²) in [5.74, 6) is -0.708. The number of amides is 1. The van der Waals surface area contributed by atoms with Crippen LogP contribution in [0.2, 0.25) is 0 Å². The standard InChI is InChI=1S/C53H55F2N11O5/c1-29-25-53(29,48-58-49(68)71-60-48)65-39-11-8-32(33-14-21-70-51(3,4)26-33)22-34(39)23-42(65)47(67)64-28-52(15-17-56-18-16-52)45-43(30(64)2)46(66(59-45)35-9-10-38(54)36(24-35)31-6-7-31)63-20-19-62(50(63)69)41-13-12-40-37(44(41)55)27-57-61(40)5/h8-13,19-20,22-24,27,29-31,33,56H,6-7,14-18,21,25-26,28H2,1-5H3,(H,58,60,68)/t29-,30-,33-,53-/m0/s1. The van der Waals surface area contributed by atoms with Gasteiger partial charge in [0.25, 0.3) is 5.91 Å². The molecule has 4 fully saturated rings. The molecule has 8 heterocycles. The highest BCUT2D eigenvalue weighted by Gasteiger charge is 2.60. The summed E-state index contributed by atoms with van der Waals surface area (Å²) < 4.78 is 51.3. The fraction of sp³-hybridized carbons (Fsp3) is 0.434. The third-order valence-electron chi connectivity index (χ3n) is 16.7. The number of rotatable bonds is 8. The van der Waals surface area contributed by atoms with E-state index in [1.165, 1.54) is 27.0 Å². The van der Waals surface area contributed by atoms with Gasteiger partial charge in [0.1, 0.15) is 22.9 Å². The molecule has 5 aromatic heterocycles. The van der Waals surface area contributed by atoms with Gasteiger partial charge in [0, 0.05) is 54.5 Å². The molecular weight excluding hydrogens is 909 g/mol. The van der Waals surface area contributed by atoms with Gasteiger partial charge in [-0.2, -0.15) is 10.2 Å². The van der Waals surface area contributed by atoms with Crippen LogP contribution in [0.15, 0.2) is 87.3 Å². The zero-order chi connectivity index (χ0) is 48.9. The lowest BCUT2D eigenvalue weighted by Gasteiger charge is -2.47. The molecular formula is C53H55F2N11O5. The number of imidazole rings is 1. The Morgan fingerprint density at radius 3 is 2.41 bits per heavy atom. The van der Waals surface area contributed by atoms with E-state index >= 15 is 18.4 Å². The minimum Gasteiger partial charge on any atom is -0.376 e.